The molecule has 1 aromatic carbocycles. The lowest BCUT2D eigenvalue weighted by molar-refractivity contribution is -0.128. The summed E-state index contributed by atoms with van der Waals surface area (Å²) >= 11 is 0. The molecule has 108 valence electrons. The number of hydrogen-bond acceptors (Lipinski definition) is 2. The van der Waals surface area contributed by atoms with Crippen LogP contribution in [-0.2, 0) is 10.3 Å². The van der Waals surface area contributed by atoms with Crippen molar-refractivity contribution in [2.45, 2.75) is 38.1 Å². The Morgan fingerprint density at radius 2 is 1.90 bits per heavy atom. The zero-order valence-electron chi connectivity index (χ0n) is 12.2. The summed E-state index contributed by atoms with van der Waals surface area (Å²) < 4.78 is 0. The summed E-state index contributed by atoms with van der Waals surface area (Å²) in [5, 5.41) is 6.64. The third-order valence-corrected chi connectivity index (χ3v) is 5.08. The summed E-state index contributed by atoms with van der Waals surface area (Å²) in [7, 11) is 0. The number of rotatable bonds is 4. The van der Waals surface area contributed by atoms with Crippen LogP contribution >= 0.6 is 0 Å². The van der Waals surface area contributed by atoms with E-state index in [1.54, 1.807) is 0 Å². The Morgan fingerprint density at radius 1 is 1.25 bits per heavy atom. The van der Waals surface area contributed by atoms with Crippen molar-refractivity contribution >= 4 is 5.91 Å². The molecule has 0 aromatic heterocycles. The number of nitrogens with one attached hydrogen (secondary N) is 2. The Kier molecular flexibility index (Phi) is 3.79. The van der Waals surface area contributed by atoms with E-state index in [9.17, 15) is 4.79 Å². The van der Waals surface area contributed by atoms with E-state index < -0.39 is 0 Å². The predicted molar refractivity (Wildman–Crippen MR) is 80.3 cm³/mol. The first-order valence-corrected chi connectivity index (χ1v) is 7.79. The maximum Gasteiger partial charge on any atom is 0.223 e. The molecule has 0 bridgehead atoms. The highest BCUT2D eigenvalue weighted by atomic mass is 16.2. The lowest BCUT2D eigenvalue weighted by Crippen LogP contribution is -2.53. The summed E-state index contributed by atoms with van der Waals surface area (Å²) in [6.07, 6.45) is 4.54. The number of carbonyl (C=O) groups is 1. The second-order valence-corrected chi connectivity index (χ2v) is 6.35. The Balaban J connectivity index is 1.76. The molecule has 2 fully saturated rings. The van der Waals surface area contributed by atoms with Crippen LogP contribution in [0, 0.1) is 11.8 Å². The van der Waals surface area contributed by atoms with Gasteiger partial charge in [0, 0.05) is 5.92 Å². The molecule has 3 rings (SSSR count). The molecule has 0 radical (unpaired) electrons. The molecular formula is C17H24N2O. The summed E-state index contributed by atoms with van der Waals surface area (Å²) in [6, 6.07) is 10.5. The largest absolute Gasteiger partial charge is 0.346 e. The van der Waals surface area contributed by atoms with Crippen molar-refractivity contribution < 1.29 is 4.79 Å². The second kappa shape index (κ2) is 5.57. The summed E-state index contributed by atoms with van der Waals surface area (Å²) in [5.74, 6) is 0.837. The fraction of sp³-hybridized carbons (Fsp3) is 0.588. The minimum atomic E-state index is -0.121. The highest BCUT2D eigenvalue weighted by molar-refractivity contribution is 5.80. The van der Waals surface area contributed by atoms with Gasteiger partial charge in [0.25, 0.3) is 0 Å². The molecule has 0 spiro atoms. The molecule has 1 aliphatic heterocycles. The maximum absolute atomic E-state index is 12.6. The van der Waals surface area contributed by atoms with Gasteiger partial charge in [0.2, 0.25) is 5.91 Å². The normalized spacial score (nSPS) is 23.1. The van der Waals surface area contributed by atoms with Crippen molar-refractivity contribution in [3.05, 3.63) is 35.9 Å². The van der Waals surface area contributed by atoms with E-state index in [2.05, 4.69) is 41.8 Å². The van der Waals surface area contributed by atoms with Gasteiger partial charge in [-0.05, 0) is 37.4 Å². The fourth-order valence-electron chi connectivity index (χ4n) is 3.45. The van der Waals surface area contributed by atoms with Crippen molar-refractivity contribution in [3.63, 3.8) is 0 Å². The van der Waals surface area contributed by atoms with Crippen LogP contribution in [0.4, 0.5) is 0 Å². The zero-order chi connectivity index (χ0) is 14.0. The Labute approximate surface area is 121 Å². The monoisotopic (exact) mass is 272 g/mol. The number of benzene rings is 1. The summed E-state index contributed by atoms with van der Waals surface area (Å²) in [5.41, 5.74) is 1.15. The van der Waals surface area contributed by atoms with Crippen molar-refractivity contribution in [1.29, 1.82) is 0 Å². The van der Waals surface area contributed by atoms with Gasteiger partial charge in [-0.2, -0.15) is 0 Å². The molecule has 3 heteroatoms. The highest BCUT2D eigenvalue weighted by Crippen LogP contribution is 2.39. The lowest BCUT2D eigenvalue weighted by atomic mass is 9.84. The molecule has 1 unspecified atom stereocenters. The standard InChI is InChI=1S/C17H24N2O/c1-13(14-11-18-12-14)16(20)19-17(9-5-6-10-17)15-7-3-2-4-8-15/h2-4,7-8,13-14,18H,5-6,9-12H2,1H3,(H,19,20). The van der Waals surface area contributed by atoms with Crippen molar-refractivity contribution in [2.75, 3.05) is 13.1 Å². The van der Waals surface area contributed by atoms with Crippen LogP contribution < -0.4 is 10.6 Å². The molecule has 1 atom stereocenters. The van der Waals surface area contributed by atoms with Gasteiger partial charge in [-0.1, -0.05) is 50.1 Å². The van der Waals surface area contributed by atoms with Gasteiger partial charge >= 0.3 is 0 Å². The Bertz CT molecular complexity index is 461. The third kappa shape index (κ3) is 2.47. The molecule has 1 amide bonds. The van der Waals surface area contributed by atoms with E-state index in [0.717, 1.165) is 25.9 Å². The van der Waals surface area contributed by atoms with E-state index in [4.69, 9.17) is 0 Å². The van der Waals surface area contributed by atoms with Gasteiger partial charge < -0.3 is 10.6 Å². The van der Waals surface area contributed by atoms with Gasteiger partial charge in [-0.3, -0.25) is 4.79 Å². The molecule has 3 nitrogen and oxygen atoms in total. The Hall–Kier alpha value is -1.35. The van der Waals surface area contributed by atoms with Crippen LogP contribution in [-0.4, -0.2) is 19.0 Å². The average Bonchev–Trinajstić information content (AvgIpc) is 2.87. The molecule has 1 heterocycles. The zero-order valence-corrected chi connectivity index (χ0v) is 12.2. The van der Waals surface area contributed by atoms with Gasteiger partial charge in [0.1, 0.15) is 0 Å². The highest BCUT2D eigenvalue weighted by Gasteiger charge is 2.39. The van der Waals surface area contributed by atoms with Crippen molar-refractivity contribution in [2.24, 2.45) is 11.8 Å². The maximum atomic E-state index is 12.6. The average molecular weight is 272 g/mol. The molecule has 2 N–H and O–H groups in total. The fourth-order valence-corrected chi connectivity index (χ4v) is 3.45. The predicted octanol–water partition coefficient (Wildman–Crippen LogP) is 2.43. The number of carbonyl (C=O) groups excluding carboxylic acids is 1. The summed E-state index contributed by atoms with van der Waals surface area (Å²) in [4.78, 5) is 12.6. The SMILES string of the molecule is CC(C(=O)NC1(c2ccccc2)CCCC1)C1CNC1. The van der Waals surface area contributed by atoms with Gasteiger partial charge in [-0.15, -0.1) is 0 Å². The van der Waals surface area contributed by atoms with Gasteiger partial charge in [-0.25, -0.2) is 0 Å². The molecule has 1 saturated heterocycles. The minimum Gasteiger partial charge on any atom is -0.346 e. The van der Waals surface area contributed by atoms with E-state index >= 15 is 0 Å². The first kappa shape index (κ1) is 13.6. The first-order chi connectivity index (χ1) is 9.71. The number of hydrogen-bond donors (Lipinski definition) is 2. The van der Waals surface area contributed by atoms with Gasteiger partial charge in [0.05, 0.1) is 5.54 Å². The molecule has 20 heavy (non-hydrogen) atoms. The van der Waals surface area contributed by atoms with Crippen LogP contribution in [0.1, 0.15) is 38.2 Å². The smallest absolute Gasteiger partial charge is 0.223 e. The van der Waals surface area contributed by atoms with Crippen molar-refractivity contribution in [1.82, 2.24) is 10.6 Å². The van der Waals surface area contributed by atoms with Crippen LogP contribution in [0.2, 0.25) is 0 Å². The van der Waals surface area contributed by atoms with E-state index in [1.807, 2.05) is 6.07 Å². The molecule has 1 aliphatic carbocycles. The summed E-state index contributed by atoms with van der Waals surface area (Å²) in [6.45, 7) is 4.02. The van der Waals surface area contributed by atoms with Crippen molar-refractivity contribution in [3.8, 4) is 0 Å². The van der Waals surface area contributed by atoms with Crippen LogP contribution in [0.25, 0.3) is 0 Å². The number of amides is 1. The van der Waals surface area contributed by atoms with Crippen LogP contribution in [0.15, 0.2) is 30.3 Å². The molecule has 2 aliphatic rings. The quantitative estimate of drug-likeness (QED) is 0.884. The minimum absolute atomic E-state index is 0.109. The van der Waals surface area contributed by atoms with E-state index in [-0.39, 0.29) is 17.4 Å². The Morgan fingerprint density at radius 3 is 2.45 bits per heavy atom. The first-order valence-electron chi connectivity index (χ1n) is 7.79. The molecular weight excluding hydrogens is 248 g/mol. The van der Waals surface area contributed by atoms with E-state index in [1.165, 1.54) is 18.4 Å². The second-order valence-electron chi connectivity index (χ2n) is 6.35. The van der Waals surface area contributed by atoms with Gasteiger partial charge in [0.15, 0.2) is 0 Å². The molecule has 1 saturated carbocycles. The van der Waals surface area contributed by atoms with Crippen LogP contribution in [0.5, 0.6) is 0 Å². The van der Waals surface area contributed by atoms with E-state index in [0.29, 0.717) is 5.92 Å². The third-order valence-electron chi connectivity index (χ3n) is 5.08. The molecule has 1 aromatic rings. The lowest BCUT2D eigenvalue weighted by Gasteiger charge is -2.36. The topological polar surface area (TPSA) is 41.1 Å². The van der Waals surface area contributed by atoms with Crippen LogP contribution in [0.3, 0.4) is 0 Å².